The largest absolute Gasteiger partial charge is 0.396 e. The Bertz CT molecular complexity index is 684. The molecule has 0 radical (unpaired) electrons. The molecule has 3 heterocycles. The Morgan fingerprint density at radius 2 is 1.74 bits per heavy atom. The Hall–Kier alpha value is -0.840. The summed E-state index contributed by atoms with van der Waals surface area (Å²) in [6.07, 6.45) is 4.04. The fraction of sp³-hybridized carbons (Fsp3) is 0.852. The molecule has 3 aliphatic rings. The highest BCUT2D eigenvalue weighted by molar-refractivity contribution is 5.13. The molecule has 3 rings (SSSR count). The molecule has 35 heavy (non-hydrogen) atoms. The molecule has 3 aliphatic heterocycles. The fourth-order valence-corrected chi connectivity index (χ4v) is 5.94. The standard InChI is InChI=1S/C27H46O8/c1-16-10-21(7-8-23-17(2)11-20(33-23)6-5-9-28)34-24(18(16)3)13-25-22(15-30)27(32-4)26(35-25)12-19(31)14-29/h16,19-31H,2-3,5-15H2,1,4H3/t16-,19?,20?,21+,22?,23+,24-,25+,26-,27-/m1/s1. The molecule has 0 aromatic carbocycles. The lowest BCUT2D eigenvalue weighted by molar-refractivity contribution is -0.0801. The third-order valence-electron chi connectivity index (χ3n) is 8.02. The van der Waals surface area contributed by atoms with Gasteiger partial charge in [0.25, 0.3) is 0 Å². The van der Waals surface area contributed by atoms with E-state index < -0.39 is 12.2 Å². The molecule has 8 nitrogen and oxygen atoms in total. The van der Waals surface area contributed by atoms with E-state index in [1.807, 2.05) is 0 Å². The zero-order valence-corrected chi connectivity index (χ0v) is 21.4. The first-order chi connectivity index (χ1) is 16.8. The summed E-state index contributed by atoms with van der Waals surface area (Å²) in [7, 11) is 1.58. The molecule has 3 fully saturated rings. The van der Waals surface area contributed by atoms with Crippen molar-refractivity contribution in [2.45, 2.75) is 107 Å². The molecule has 0 saturated carbocycles. The van der Waals surface area contributed by atoms with Gasteiger partial charge in [0.1, 0.15) is 0 Å². The van der Waals surface area contributed by atoms with Crippen molar-refractivity contribution in [1.82, 2.24) is 0 Å². The van der Waals surface area contributed by atoms with Crippen molar-refractivity contribution >= 4 is 0 Å². The van der Waals surface area contributed by atoms with Gasteiger partial charge in [0.15, 0.2) is 0 Å². The van der Waals surface area contributed by atoms with Crippen molar-refractivity contribution in [2.24, 2.45) is 11.8 Å². The number of aliphatic hydroxyl groups is 4. The monoisotopic (exact) mass is 498 g/mol. The van der Waals surface area contributed by atoms with E-state index >= 15 is 0 Å². The van der Waals surface area contributed by atoms with Gasteiger partial charge in [-0.1, -0.05) is 20.1 Å². The first-order valence-electron chi connectivity index (χ1n) is 13.2. The molecular formula is C27H46O8. The topological polar surface area (TPSA) is 118 Å². The summed E-state index contributed by atoms with van der Waals surface area (Å²) in [4.78, 5) is 0. The van der Waals surface area contributed by atoms with Crippen molar-refractivity contribution in [2.75, 3.05) is 26.9 Å². The Labute approximate surface area is 209 Å². The van der Waals surface area contributed by atoms with Crippen LogP contribution < -0.4 is 0 Å². The van der Waals surface area contributed by atoms with Gasteiger partial charge in [0, 0.05) is 32.5 Å². The van der Waals surface area contributed by atoms with Crippen LogP contribution in [0.2, 0.25) is 0 Å². The normalized spacial score (nSPS) is 38.9. The van der Waals surface area contributed by atoms with Crippen LogP contribution in [0.25, 0.3) is 0 Å². The van der Waals surface area contributed by atoms with Gasteiger partial charge >= 0.3 is 0 Å². The summed E-state index contributed by atoms with van der Waals surface area (Å²) in [6.45, 7) is 10.4. The smallest absolute Gasteiger partial charge is 0.0908 e. The van der Waals surface area contributed by atoms with Gasteiger partial charge in [0.2, 0.25) is 0 Å². The summed E-state index contributed by atoms with van der Waals surface area (Å²) in [5.74, 6) is 0.0667. The van der Waals surface area contributed by atoms with Crippen LogP contribution in [0.15, 0.2) is 24.3 Å². The van der Waals surface area contributed by atoms with E-state index in [0.29, 0.717) is 12.3 Å². The number of hydrogen-bond donors (Lipinski definition) is 4. The Morgan fingerprint density at radius 3 is 2.40 bits per heavy atom. The second kappa shape index (κ2) is 13.6. The molecule has 3 saturated heterocycles. The highest BCUT2D eigenvalue weighted by atomic mass is 16.6. The summed E-state index contributed by atoms with van der Waals surface area (Å²) in [5, 5.41) is 38.3. The molecule has 10 atom stereocenters. The van der Waals surface area contributed by atoms with E-state index in [-0.39, 0.29) is 68.8 Å². The van der Waals surface area contributed by atoms with E-state index in [4.69, 9.17) is 24.1 Å². The van der Waals surface area contributed by atoms with Gasteiger partial charge in [-0.3, -0.25) is 0 Å². The first kappa shape index (κ1) is 28.7. The predicted molar refractivity (Wildman–Crippen MR) is 132 cm³/mol. The number of aliphatic hydroxyl groups excluding tert-OH is 4. The minimum Gasteiger partial charge on any atom is -0.396 e. The van der Waals surface area contributed by atoms with Gasteiger partial charge in [-0.25, -0.2) is 0 Å². The van der Waals surface area contributed by atoms with Gasteiger partial charge in [-0.2, -0.15) is 0 Å². The lowest BCUT2D eigenvalue weighted by atomic mass is 9.83. The summed E-state index contributed by atoms with van der Waals surface area (Å²) >= 11 is 0. The van der Waals surface area contributed by atoms with E-state index in [9.17, 15) is 15.3 Å². The maximum Gasteiger partial charge on any atom is 0.0908 e. The predicted octanol–water partition coefficient (Wildman–Crippen LogP) is 2.13. The van der Waals surface area contributed by atoms with Crippen LogP contribution >= 0.6 is 0 Å². The number of rotatable bonds is 13. The maximum absolute atomic E-state index is 10.1. The summed E-state index contributed by atoms with van der Waals surface area (Å²) < 4.78 is 24.5. The van der Waals surface area contributed by atoms with Gasteiger partial charge < -0.3 is 39.4 Å². The van der Waals surface area contributed by atoms with Crippen LogP contribution in [-0.2, 0) is 18.9 Å². The molecule has 0 amide bonds. The summed E-state index contributed by atoms with van der Waals surface area (Å²) in [6, 6.07) is 0. The molecule has 3 unspecified atom stereocenters. The average Bonchev–Trinajstić information content (AvgIpc) is 3.37. The Morgan fingerprint density at radius 1 is 1.00 bits per heavy atom. The third kappa shape index (κ3) is 7.36. The lowest BCUT2D eigenvalue weighted by Crippen LogP contribution is -2.39. The quantitative estimate of drug-likeness (QED) is 0.285. The highest BCUT2D eigenvalue weighted by Gasteiger charge is 2.46. The van der Waals surface area contributed by atoms with Crippen molar-refractivity contribution < 1.29 is 39.4 Å². The van der Waals surface area contributed by atoms with Gasteiger partial charge in [-0.05, 0) is 55.6 Å². The van der Waals surface area contributed by atoms with Crippen molar-refractivity contribution in [3.63, 3.8) is 0 Å². The van der Waals surface area contributed by atoms with Crippen LogP contribution in [0.3, 0.4) is 0 Å². The van der Waals surface area contributed by atoms with E-state index in [2.05, 4.69) is 20.1 Å². The van der Waals surface area contributed by atoms with Crippen LogP contribution in [0.1, 0.15) is 58.3 Å². The minimum absolute atomic E-state index is 0.0410. The summed E-state index contributed by atoms with van der Waals surface area (Å²) in [5.41, 5.74) is 2.17. The first-order valence-corrected chi connectivity index (χ1v) is 13.2. The third-order valence-corrected chi connectivity index (χ3v) is 8.02. The molecule has 0 aliphatic carbocycles. The van der Waals surface area contributed by atoms with E-state index in [1.165, 1.54) is 0 Å². The SMILES string of the molecule is C=C1CC(CCCO)O[C@H]1CC[C@H]1C[C@@H](C)C(=C)[C@@H](C[C@@H]2O[C@H](CC(O)CO)[C@H](OC)C2CO)O1. The van der Waals surface area contributed by atoms with Crippen LogP contribution in [-0.4, -0.2) is 96.2 Å². The second-order valence-electron chi connectivity index (χ2n) is 10.6. The molecule has 0 bridgehead atoms. The molecule has 202 valence electrons. The van der Waals surface area contributed by atoms with E-state index in [1.54, 1.807) is 7.11 Å². The van der Waals surface area contributed by atoms with Crippen LogP contribution in [0, 0.1) is 11.8 Å². The molecule has 4 N–H and O–H groups in total. The molecular weight excluding hydrogens is 452 g/mol. The zero-order chi connectivity index (χ0) is 25.5. The maximum atomic E-state index is 10.1. The average molecular weight is 499 g/mol. The molecule has 8 heteroatoms. The van der Waals surface area contributed by atoms with Crippen LogP contribution in [0.5, 0.6) is 0 Å². The van der Waals surface area contributed by atoms with Crippen molar-refractivity contribution in [1.29, 1.82) is 0 Å². The van der Waals surface area contributed by atoms with Crippen molar-refractivity contribution in [3.05, 3.63) is 24.3 Å². The number of hydrogen-bond acceptors (Lipinski definition) is 8. The highest BCUT2D eigenvalue weighted by Crippen LogP contribution is 2.40. The number of methoxy groups -OCH3 is 1. The fourth-order valence-electron chi connectivity index (χ4n) is 5.94. The Balaban J connectivity index is 1.57. The van der Waals surface area contributed by atoms with Crippen LogP contribution in [0.4, 0.5) is 0 Å². The van der Waals surface area contributed by atoms with Crippen molar-refractivity contribution in [3.8, 4) is 0 Å². The number of ether oxygens (including phenoxy) is 4. The van der Waals surface area contributed by atoms with E-state index in [0.717, 1.165) is 49.7 Å². The van der Waals surface area contributed by atoms with Gasteiger partial charge in [0.05, 0.1) is 62.0 Å². The van der Waals surface area contributed by atoms with Gasteiger partial charge in [-0.15, -0.1) is 0 Å². The second-order valence-corrected chi connectivity index (χ2v) is 10.6. The lowest BCUT2D eigenvalue weighted by Gasteiger charge is -2.38. The Kier molecular flexibility index (Phi) is 11.2. The molecule has 0 aromatic heterocycles. The minimum atomic E-state index is -0.892. The molecule has 0 aromatic rings. The molecule has 0 spiro atoms. The zero-order valence-electron chi connectivity index (χ0n) is 21.4.